The van der Waals surface area contributed by atoms with Crippen molar-refractivity contribution in [3.05, 3.63) is 16.4 Å². The van der Waals surface area contributed by atoms with E-state index < -0.39 is 10.5 Å². The van der Waals surface area contributed by atoms with Crippen LogP contribution < -0.4 is 10.6 Å². The summed E-state index contributed by atoms with van der Waals surface area (Å²) >= 11 is 0. The molecule has 1 aromatic heterocycles. The van der Waals surface area contributed by atoms with Crippen molar-refractivity contribution in [3.63, 3.8) is 0 Å². The number of hydrogen-bond acceptors (Lipinski definition) is 7. The van der Waals surface area contributed by atoms with Crippen molar-refractivity contribution < 1.29 is 9.66 Å². The number of anilines is 2. The Balaban J connectivity index is 3.13. The van der Waals surface area contributed by atoms with E-state index in [-0.39, 0.29) is 17.3 Å². The number of ether oxygens (including phenoxy) is 1. The average molecular weight is 269 g/mol. The zero-order chi connectivity index (χ0) is 14.5. The highest BCUT2D eigenvalue weighted by Gasteiger charge is 2.27. The van der Waals surface area contributed by atoms with Crippen LogP contribution in [0.15, 0.2) is 6.33 Å². The van der Waals surface area contributed by atoms with E-state index in [4.69, 9.17) is 4.74 Å². The van der Waals surface area contributed by atoms with Gasteiger partial charge >= 0.3 is 5.69 Å². The molecule has 0 saturated carbocycles. The van der Waals surface area contributed by atoms with Gasteiger partial charge < -0.3 is 15.4 Å². The first-order valence-corrected chi connectivity index (χ1v) is 5.91. The number of rotatable bonds is 7. The Morgan fingerprint density at radius 1 is 1.42 bits per heavy atom. The van der Waals surface area contributed by atoms with Crippen molar-refractivity contribution in [1.82, 2.24) is 9.97 Å². The molecule has 8 heteroatoms. The fourth-order valence-electron chi connectivity index (χ4n) is 1.66. The lowest BCUT2D eigenvalue weighted by Crippen LogP contribution is -2.36. The van der Waals surface area contributed by atoms with E-state index >= 15 is 0 Å². The minimum absolute atomic E-state index is 0.159. The molecule has 0 bridgehead atoms. The second-order valence-electron chi connectivity index (χ2n) is 4.65. The van der Waals surface area contributed by atoms with Crippen LogP contribution in [0.5, 0.6) is 0 Å². The molecule has 0 saturated heterocycles. The van der Waals surface area contributed by atoms with Crippen LogP contribution in [0.25, 0.3) is 0 Å². The maximum absolute atomic E-state index is 11.2. The highest BCUT2D eigenvalue weighted by molar-refractivity contribution is 5.69. The van der Waals surface area contributed by atoms with Gasteiger partial charge in [0.2, 0.25) is 11.6 Å². The molecule has 1 heterocycles. The Hall–Kier alpha value is -1.96. The molecular weight excluding hydrogens is 250 g/mol. The molecule has 1 aromatic rings. The maximum atomic E-state index is 11.2. The molecule has 0 aliphatic rings. The van der Waals surface area contributed by atoms with Crippen LogP contribution in [0.3, 0.4) is 0 Å². The van der Waals surface area contributed by atoms with Gasteiger partial charge in [-0.15, -0.1) is 0 Å². The Bertz CT molecular complexity index is 450. The minimum atomic E-state index is -0.497. The monoisotopic (exact) mass is 269 g/mol. The molecule has 0 aliphatic carbocycles. The van der Waals surface area contributed by atoms with Gasteiger partial charge in [0.25, 0.3) is 0 Å². The van der Waals surface area contributed by atoms with E-state index in [0.29, 0.717) is 13.2 Å². The molecule has 1 rings (SSSR count). The largest absolute Gasteiger partial charge is 0.382 e. The molecule has 0 fully saturated rings. The van der Waals surface area contributed by atoms with Crippen LogP contribution in [0.1, 0.15) is 20.8 Å². The first kappa shape index (κ1) is 15.1. The summed E-state index contributed by atoms with van der Waals surface area (Å²) in [5.41, 5.74) is -0.634. The number of nitrogens with one attached hydrogen (secondary N) is 2. The fraction of sp³-hybridized carbons (Fsp3) is 0.636. The lowest BCUT2D eigenvalue weighted by atomic mass is 10.1. The van der Waals surface area contributed by atoms with Crippen LogP contribution in [-0.4, -0.2) is 40.7 Å². The van der Waals surface area contributed by atoms with Crippen molar-refractivity contribution in [2.24, 2.45) is 0 Å². The van der Waals surface area contributed by atoms with Crippen LogP contribution in [0.2, 0.25) is 0 Å². The SMILES string of the molecule is CCNc1ncnc(NC(C)(C)COC)c1[N+](=O)[O-]. The molecule has 0 radical (unpaired) electrons. The van der Waals surface area contributed by atoms with Gasteiger partial charge in [-0.2, -0.15) is 0 Å². The molecule has 2 N–H and O–H groups in total. The zero-order valence-electron chi connectivity index (χ0n) is 11.6. The third-order valence-electron chi connectivity index (χ3n) is 2.31. The normalized spacial score (nSPS) is 11.2. The summed E-state index contributed by atoms with van der Waals surface area (Å²) in [4.78, 5) is 18.5. The van der Waals surface area contributed by atoms with Crippen molar-refractivity contribution >= 4 is 17.3 Å². The van der Waals surface area contributed by atoms with Gasteiger partial charge in [-0.3, -0.25) is 10.1 Å². The van der Waals surface area contributed by atoms with Gasteiger partial charge in [0.15, 0.2) is 0 Å². The number of hydrogen-bond donors (Lipinski definition) is 2. The Labute approximate surface area is 111 Å². The van der Waals surface area contributed by atoms with Crippen LogP contribution in [0, 0.1) is 10.1 Å². The first-order chi connectivity index (χ1) is 8.91. The fourth-order valence-corrected chi connectivity index (χ4v) is 1.66. The van der Waals surface area contributed by atoms with E-state index in [0.717, 1.165) is 0 Å². The molecule has 0 aromatic carbocycles. The van der Waals surface area contributed by atoms with Gasteiger partial charge in [0, 0.05) is 13.7 Å². The van der Waals surface area contributed by atoms with E-state index in [1.54, 1.807) is 7.11 Å². The molecule has 0 unspecified atom stereocenters. The lowest BCUT2D eigenvalue weighted by Gasteiger charge is -2.25. The summed E-state index contributed by atoms with van der Waals surface area (Å²) in [5.74, 6) is 0.385. The minimum Gasteiger partial charge on any atom is -0.382 e. The molecule has 19 heavy (non-hydrogen) atoms. The maximum Gasteiger partial charge on any atom is 0.353 e. The predicted octanol–water partition coefficient (Wildman–Crippen LogP) is 1.65. The summed E-state index contributed by atoms with van der Waals surface area (Å²) in [6.07, 6.45) is 1.29. The third kappa shape index (κ3) is 4.02. The van der Waals surface area contributed by atoms with Gasteiger partial charge in [0.05, 0.1) is 17.1 Å². The van der Waals surface area contributed by atoms with Gasteiger partial charge in [0.1, 0.15) is 6.33 Å². The van der Waals surface area contributed by atoms with Crippen LogP contribution in [-0.2, 0) is 4.74 Å². The number of nitro groups is 1. The van der Waals surface area contributed by atoms with E-state index in [9.17, 15) is 10.1 Å². The van der Waals surface area contributed by atoms with Crippen molar-refractivity contribution in [2.45, 2.75) is 26.3 Å². The smallest absolute Gasteiger partial charge is 0.353 e. The third-order valence-corrected chi connectivity index (χ3v) is 2.31. The standard InChI is InChI=1S/C11H19N5O3/c1-5-12-9-8(16(17)18)10(14-7-13-9)15-11(2,3)6-19-4/h7H,5-6H2,1-4H3,(H2,12,13,14,15). The van der Waals surface area contributed by atoms with Crippen LogP contribution >= 0.6 is 0 Å². The second kappa shape index (κ2) is 6.28. The average Bonchev–Trinajstić information content (AvgIpc) is 2.28. The summed E-state index contributed by atoms with van der Waals surface area (Å²) in [5, 5.41) is 17.0. The molecule has 0 aliphatic heterocycles. The molecule has 0 spiro atoms. The van der Waals surface area contributed by atoms with E-state index in [1.807, 2.05) is 20.8 Å². The molecule has 0 amide bonds. The highest BCUT2D eigenvalue weighted by atomic mass is 16.6. The topological polar surface area (TPSA) is 102 Å². The van der Waals surface area contributed by atoms with Gasteiger partial charge in [-0.05, 0) is 20.8 Å². The van der Waals surface area contributed by atoms with Crippen LogP contribution in [0.4, 0.5) is 17.3 Å². The number of aromatic nitrogens is 2. The molecular formula is C11H19N5O3. The highest BCUT2D eigenvalue weighted by Crippen LogP contribution is 2.30. The van der Waals surface area contributed by atoms with Gasteiger partial charge in [-0.1, -0.05) is 0 Å². The Kier molecular flexibility index (Phi) is 4.99. The van der Waals surface area contributed by atoms with Crippen molar-refractivity contribution in [2.75, 3.05) is 30.9 Å². The Morgan fingerprint density at radius 3 is 2.58 bits per heavy atom. The van der Waals surface area contributed by atoms with E-state index in [2.05, 4.69) is 20.6 Å². The van der Waals surface area contributed by atoms with Crippen molar-refractivity contribution in [3.8, 4) is 0 Å². The molecule has 0 atom stereocenters. The summed E-state index contributed by atoms with van der Waals surface area (Å²) in [6.45, 7) is 6.52. The summed E-state index contributed by atoms with van der Waals surface area (Å²) in [7, 11) is 1.57. The Morgan fingerprint density at radius 2 is 2.05 bits per heavy atom. The summed E-state index contributed by atoms with van der Waals surface area (Å²) < 4.78 is 5.07. The predicted molar refractivity (Wildman–Crippen MR) is 72.4 cm³/mol. The zero-order valence-corrected chi connectivity index (χ0v) is 11.6. The molecule has 106 valence electrons. The first-order valence-electron chi connectivity index (χ1n) is 5.91. The van der Waals surface area contributed by atoms with E-state index in [1.165, 1.54) is 6.33 Å². The second-order valence-corrected chi connectivity index (χ2v) is 4.65. The lowest BCUT2D eigenvalue weighted by molar-refractivity contribution is -0.383. The molecule has 8 nitrogen and oxygen atoms in total. The number of nitrogens with zero attached hydrogens (tertiary/aromatic N) is 3. The summed E-state index contributed by atoms with van der Waals surface area (Å²) in [6, 6.07) is 0. The van der Waals surface area contributed by atoms with Crippen molar-refractivity contribution in [1.29, 1.82) is 0 Å². The van der Waals surface area contributed by atoms with Gasteiger partial charge in [-0.25, -0.2) is 9.97 Å². The quantitative estimate of drug-likeness (QED) is 0.573. The number of methoxy groups -OCH3 is 1.